The van der Waals surface area contributed by atoms with Gasteiger partial charge < -0.3 is 62.0 Å². The van der Waals surface area contributed by atoms with Crippen molar-refractivity contribution < 1.29 is 65.7 Å². The van der Waals surface area contributed by atoms with Crippen molar-refractivity contribution in [1.29, 1.82) is 10.5 Å². The number of ether oxygens (including phenoxy) is 5. The first kappa shape index (κ1) is 54.3. The summed E-state index contributed by atoms with van der Waals surface area (Å²) in [4.78, 5) is 34.2. The number of hydrogen-bond donors (Lipinski definition) is 3. The molecule has 18 nitrogen and oxygen atoms in total. The Morgan fingerprint density at radius 2 is 1.28 bits per heavy atom. The number of esters is 1. The van der Waals surface area contributed by atoms with Crippen LogP contribution in [0.3, 0.4) is 0 Å². The second-order valence-corrected chi connectivity index (χ2v) is 22.9. The van der Waals surface area contributed by atoms with E-state index < -0.39 is 29.9 Å². The van der Waals surface area contributed by atoms with E-state index in [4.69, 9.17) is 23.7 Å². The van der Waals surface area contributed by atoms with E-state index in [0.717, 1.165) is 12.1 Å². The first-order valence-corrected chi connectivity index (χ1v) is 22.8. The Bertz CT molecular complexity index is 2120. The summed E-state index contributed by atoms with van der Waals surface area (Å²) in [7, 11) is 2.71. The van der Waals surface area contributed by atoms with Crippen LogP contribution in [0.1, 0.15) is 52.6 Å². The molecule has 2 saturated heterocycles. The summed E-state index contributed by atoms with van der Waals surface area (Å²) in [5, 5.41) is 42.4. The normalized spacial score (nSPS) is 17.7. The number of alkyl halides is 3. The van der Waals surface area contributed by atoms with Crippen molar-refractivity contribution in [3.8, 4) is 23.9 Å². The molecule has 0 aromatic carbocycles. The molecule has 61 heavy (non-hydrogen) atoms. The molecule has 0 bridgehead atoms. The molecule has 4 aromatic rings. The molecule has 2 fully saturated rings. The topological polar surface area (TPSA) is 234 Å². The Balaban J connectivity index is 0.000000368. The van der Waals surface area contributed by atoms with E-state index in [1.165, 1.54) is 48.1 Å². The van der Waals surface area contributed by atoms with E-state index in [0.29, 0.717) is 38.3 Å². The zero-order valence-electron chi connectivity index (χ0n) is 32.6. The molecule has 6 rings (SSSR count). The second kappa shape index (κ2) is 28.0. The third-order valence-corrected chi connectivity index (χ3v) is 8.34. The predicted molar refractivity (Wildman–Crippen MR) is 248 cm³/mol. The van der Waals surface area contributed by atoms with E-state index in [2.05, 4.69) is 116 Å². The first-order chi connectivity index (χ1) is 28.8. The van der Waals surface area contributed by atoms with Gasteiger partial charge in [0.05, 0.1) is 70.1 Å². The van der Waals surface area contributed by atoms with Crippen molar-refractivity contribution >= 4 is 125 Å². The minimum Gasteiger partial charge on any atom is -0.481 e. The van der Waals surface area contributed by atoms with E-state index >= 15 is 0 Å². The van der Waals surface area contributed by atoms with Crippen LogP contribution in [-0.4, -0.2) is 93.8 Å². The number of carboxylic acids is 1. The standard InChI is InChI=1S/C18H20FN5O4.C16H16FN5O4.CHI3.CH2I.V/c1-3-28-18(25)13-9-24(14-10-27-5-4-11(14)8-20)23-17(13)21-12-6-15(19)22-16(7-12)26-2;1-25-14-5-10(4-13(17)20-14)19-15-11(16(23)24)7-22(21-15)12-8-26-3-2-9(12)6-18;2-1(3)4;1-2;/h6-7,9,11,14H,3-5,10H2,1-2H3,(H,21,22,23);4-5,7,9,12H,2-3,8H2,1H3,(H,23,24)(H,19,20,21);1H;1H2;/q;;;-1;/t11-,14+;9-,12+;;;/m11.../s1. The average Bonchev–Trinajstić information content (AvgIpc) is 3.86. The monoisotopic (exact) mass is 1340 g/mol. The second-order valence-electron chi connectivity index (χ2n) is 12.0. The number of halogens is 6. The number of rotatable bonds is 11. The maximum absolute atomic E-state index is 13.7. The van der Waals surface area contributed by atoms with Gasteiger partial charge in [-0.2, -0.15) is 39.5 Å². The SMILES string of the molecule is CCOC(=O)c1cn([C@H]2COCC[C@@H]2C#N)nc1Nc1cc(F)nc(OC)c1.COc1cc(Nc2nn([C@H]3COCC[C@@H]3C#N)cc2C(=O)O)cc(F)n1.IC(I)I.[CH2-]I.[V]. The van der Waals surface area contributed by atoms with E-state index in [1.54, 1.807) is 6.92 Å². The molecule has 25 heteroatoms. The van der Waals surface area contributed by atoms with Gasteiger partial charge in [0.2, 0.25) is 23.7 Å². The molecular weight excluding hydrogens is 1300 g/mol. The molecule has 2 aliphatic heterocycles. The summed E-state index contributed by atoms with van der Waals surface area (Å²) in [6, 6.07) is 8.84. The maximum Gasteiger partial charge on any atom is 0.343 e. The van der Waals surface area contributed by atoms with E-state index in [1.807, 2.05) is 22.6 Å². The number of hydrogen-bond acceptors (Lipinski definition) is 15. The average molecular weight is 1340 g/mol. The largest absolute Gasteiger partial charge is 0.481 e. The molecule has 0 aliphatic carbocycles. The zero-order chi connectivity index (χ0) is 44.4. The summed E-state index contributed by atoms with van der Waals surface area (Å²) < 4.78 is 56.7. The third-order valence-electron chi connectivity index (χ3n) is 8.34. The first-order valence-electron chi connectivity index (χ1n) is 17.5. The fourth-order valence-corrected chi connectivity index (χ4v) is 5.66. The maximum atomic E-state index is 13.7. The van der Waals surface area contributed by atoms with Gasteiger partial charge >= 0.3 is 11.9 Å². The predicted octanol–water partition coefficient (Wildman–Crippen LogP) is 8.20. The Kier molecular flexibility index (Phi) is 24.9. The number of methoxy groups -OCH3 is 2. The number of nitrogens with zero attached hydrogens (tertiary/aromatic N) is 8. The Morgan fingerprint density at radius 1 is 0.869 bits per heavy atom. The van der Waals surface area contributed by atoms with E-state index in [9.17, 15) is 34.0 Å². The molecule has 4 aromatic heterocycles. The fraction of sp³-hybridized carbons (Fsp3) is 0.417. The number of pyridine rings is 2. The number of aromatic carboxylic acids is 1. The molecule has 0 amide bonds. The molecule has 0 unspecified atom stereocenters. The summed E-state index contributed by atoms with van der Waals surface area (Å²) in [6.07, 6.45) is 3.96. The molecular formula is C36H39F2I4N10O8V-. The van der Waals surface area contributed by atoms with Crippen LogP contribution in [0.25, 0.3) is 0 Å². The van der Waals surface area contributed by atoms with Crippen LogP contribution in [0.15, 0.2) is 36.7 Å². The van der Waals surface area contributed by atoms with Gasteiger partial charge in [0, 0.05) is 79.8 Å². The van der Waals surface area contributed by atoms with Crippen LogP contribution in [0.5, 0.6) is 11.8 Å². The van der Waals surface area contributed by atoms with Crippen LogP contribution >= 0.6 is 90.4 Å². The van der Waals surface area contributed by atoms with Crippen molar-refractivity contribution in [2.45, 2.75) is 31.8 Å². The van der Waals surface area contributed by atoms with Gasteiger partial charge in [-0.05, 0) is 19.8 Å². The van der Waals surface area contributed by atoms with Crippen molar-refractivity contribution in [1.82, 2.24) is 29.5 Å². The zero-order valence-corrected chi connectivity index (χ0v) is 42.6. The summed E-state index contributed by atoms with van der Waals surface area (Å²) in [6.45, 7) is 3.42. The molecule has 329 valence electrons. The van der Waals surface area contributed by atoms with Crippen LogP contribution < -0.4 is 20.1 Å². The van der Waals surface area contributed by atoms with Crippen LogP contribution in [-0.2, 0) is 32.8 Å². The number of nitriles is 2. The van der Waals surface area contributed by atoms with Crippen molar-refractivity contribution in [2.75, 3.05) is 57.9 Å². The Labute approximate surface area is 417 Å². The van der Waals surface area contributed by atoms with Gasteiger partial charge in [0.1, 0.15) is 11.1 Å². The van der Waals surface area contributed by atoms with Crippen LogP contribution in [0.2, 0.25) is 0 Å². The fourth-order valence-electron chi connectivity index (χ4n) is 5.66. The molecule has 6 heterocycles. The number of carbonyl (C=O) groups is 2. The van der Waals surface area contributed by atoms with Crippen molar-refractivity contribution in [3.05, 3.63) is 64.6 Å². The minimum absolute atomic E-state index is 0. The molecule has 4 atom stereocenters. The molecule has 0 saturated carbocycles. The van der Waals surface area contributed by atoms with Gasteiger partial charge in [0.25, 0.3) is 0 Å². The van der Waals surface area contributed by atoms with Gasteiger partial charge in [0.15, 0.2) is 11.6 Å². The van der Waals surface area contributed by atoms with Gasteiger partial charge in [-0.1, -0.05) is 67.8 Å². The number of carboxylic acid groups (broad SMARTS) is 1. The smallest absolute Gasteiger partial charge is 0.343 e. The Hall–Kier alpha value is -2.88. The quantitative estimate of drug-likeness (QED) is 0.0422. The van der Waals surface area contributed by atoms with Crippen molar-refractivity contribution in [2.24, 2.45) is 11.8 Å². The Morgan fingerprint density at radius 3 is 1.66 bits per heavy atom. The van der Waals surface area contributed by atoms with Gasteiger partial charge in [-0.3, -0.25) is 14.3 Å². The van der Waals surface area contributed by atoms with Gasteiger partial charge in [-0.25, -0.2) is 9.59 Å². The third kappa shape index (κ3) is 16.6. The molecule has 1 radical (unpaired) electrons. The molecule has 3 N–H and O–H groups in total. The number of aromatic nitrogens is 6. The molecule has 2 aliphatic rings. The van der Waals surface area contributed by atoms with Crippen molar-refractivity contribution in [3.63, 3.8) is 0 Å². The van der Waals surface area contributed by atoms with Gasteiger partial charge in [-0.15, -0.1) is 0 Å². The summed E-state index contributed by atoms with van der Waals surface area (Å²) in [5.74, 6) is -3.64. The number of anilines is 4. The van der Waals surface area contributed by atoms with Crippen LogP contribution in [0, 0.1) is 51.3 Å². The number of carbonyl (C=O) groups excluding carboxylic acids is 1. The minimum atomic E-state index is -1.20. The summed E-state index contributed by atoms with van der Waals surface area (Å²) in [5.41, 5.74) is 0.597. The van der Waals surface area contributed by atoms with E-state index in [-0.39, 0.29) is 89.9 Å². The van der Waals surface area contributed by atoms with Crippen LogP contribution in [0.4, 0.5) is 31.8 Å². The summed E-state index contributed by atoms with van der Waals surface area (Å²) >= 11 is 8.85. The molecule has 0 spiro atoms. The number of nitrogens with one attached hydrogen (secondary N) is 2.